The summed E-state index contributed by atoms with van der Waals surface area (Å²) in [6.07, 6.45) is 3.67. The number of nitrogens with one attached hydrogen (secondary N) is 2. The summed E-state index contributed by atoms with van der Waals surface area (Å²) < 4.78 is 32.8. The van der Waals surface area contributed by atoms with Crippen molar-refractivity contribution in [2.75, 3.05) is 26.8 Å². The SMILES string of the molecule is COc1cc2c(Oc3ccc(C(N)C(=O)C(=O)NCc4ccccc4)cc3F)ccnc2cc1OCC1CCNCC1. The highest BCUT2D eigenvalue weighted by Crippen LogP contribution is 2.38. The molecule has 4 aromatic rings. The van der Waals surface area contributed by atoms with Crippen LogP contribution in [0, 0.1) is 11.7 Å². The molecule has 0 bridgehead atoms. The number of piperidine rings is 1. The number of methoxy groups -OCH3 is 1. The Morgan fingerprint density at radius 3 is 2.55 bits per heavy atom. The van der Waals surface area contributed by atoms with Gasteiger partial charge in [-0.1, -0.05) is 36.4 Å². The van der Waals surface area contributed by atoms with Gasteiger partial charge < -0.3 is 30.6 Å². The highest BCUT2D eigenvalue weighted by Gasteiger charge is 2.24. The number of nitrogens with zero attached hydrogens (tertiary/aromatic N) is 1. The molecular weight excluding hydrogens is 539 g/mol. The predicted molar refractivity (Wildman–Crippen MR) is 156 cm³/mol. The molecule has 2 heterocycles. The first-order chi connectivity index (χ1) is 20.4. The van der Waals surface area contributed by atoms with Gasteiger partial charge in [0.25, 0.3) is 5.91 Å². The standard InChI is InChI=1S/C32H33FN4O5/c1-40-28-16-23-25(17-29(28)41-19-21-9-12-35-13-10-21)36-14-11-26(23)42-27-8-7-22(15-24(27)33)30(34)31(38)32(39)37-18-20-5-3-2-4-6-20/h2-8,11,14-17,21,30,35H,9-10,12-13,18-19,34H2,1H3,(H,37,39). The van der Waals surface area contributed by atoms with Gasteiger partial charge in [-0.25, -0.2) is 4.39 Å². The lowest BCUT2D eigenvalue weighted by Crippen LogP contribution is -2.37. The Labute approximate surface area is 243 Å². The van der Waals surface area contributed by atoms with Gasteiger partial charge in [0.1, 0.15) is 5.75 Å². The zero-order valence-electron chi connectivity index (χ0n) is 23.3. The predicted octanol–water partition coefficient (Wildman–Crippen LogP) is 4.44. The number of amides is 1. The highest BCUT2D eigenvalue weighted by atomic mass is 19.1. The van der Waals surface area contributed by atoms with Crippen LogP contribution in [0.3, 0.4) is 0 Å². The van der Waals surface area contributed by atoms with Crippen molar-refractivity contribution in [3.05, 3.63) is 89.9 Å². The van der Waals surface area contributed by atoms with Crippen molar-refractivity contribution in [3.8, 4) is 23.0 Å². The average molecular weight is 573 g/mol. The number of benzene rings is 3. The first-order valence-electron chi connectivity index (χ1n) is 13.8. The Morgan fingerprint density at radius 2 is 1.81 bits per heavy atom. The Kier molecular flexibility index (Phi) is 9.25. The van der Waals surface area contributed by atoms with Crippen LogP contribution in [0.25, 0.3) is 10.9 Å². The maximum absolute atomic E-state index is 15.2. The van der Waals surface area contributed by atoms with Crippen LogP contribution in [0.2, 0.25) is 0 Å². The number of fused-ring (bicyclic) bond motifs is 1. The lowest BCUT2D eigenvalue weighted by molar-refractivity contribution is -0.138. The van der Waals surface area contributed by atoms with E-state index in [4.69, 9.17) is 19.9 Å². The Hall–Kier alpha value is -4.54. The van der Waals surface area contributed by atoms with Crippen molar-refractivity contribution in [2.45, 2.75) is 25.4 Å². The van der Waals surface area contributed by atoms with Crippen molar-refractivity contribution in [1.82, 2.24) is 15.6 Å². The smallest absolute Gasteiger partial charge is 0.289 e. The number of nitrogens with two attached hydrogens (primary N) is 1. The zero-order valence-corrected chi connectivity index (χ0v) is 23.3. The second-order valence-electron chi connectivity index (χ2n) is 10.1. The van der Waals surface area contributed by atoms with Gasteiger partial charge in [-0.3, -0.25) is 14.6 Å². The molecule has 1 atom stereocenters. The second kappa shape index (κ2) is 13.4. The molecule has 42 heavy (non-hydrogen) atoms. The normalized spacial score (nSPS) is 14.3. The molecule has 5 rings (SSSR count). The van der Waals surface area contributed by atoms with Crippen molar-refractivity contribution in [2.24, 2.45) is 11.7 Å². The number of hydrogen-bond acceptors (Lipinski definition) is 8. The van der Waals surface area contributed by atoms with E-state index >= 15 is 4.39 Å². The Morgan fingerprint density at radius 1 is 1.02 bits per heavy atom. The Bertz CT molecular complexity index is 1560. The van der Waals surface area contributed by atoms with Crippen LogP contribution in [-0.2, 0) is 16.1 Å². The van der Waals surface area contributed by atoms with E-state index in [-0.39, 0.29) is 17.9 Å². The lowest BCUT2D eigenvalue weighted by atomic mass is 9.99. The van der Waals surface area contributed by atoms with E-state index in [0.29, 0.717) is 40.7 Å². The van der Waals surface area contributed by atoms with Crippen molar-refractivity contribution in [1.29, 1.82) is 0 Å². The molecule has 0 saturated carbocycles. The molecule has 4 N–H and O–H groups in total. The van der Waals surface area contributed by atoms with E-state index in [1.165, 1.54) is 12.1 Å². The molecule has 1 aromatic heterocycles. The van der Waals surface area contributed by atoms with E-state index in [1.54, 1.807) is 31.5 Å². The van der Waals surface area contributed by atoms with Crippen LogP contribution in [0.15, 0.2) is 72.9 Å². The number of halogens is 1. The largest absolute Gasteiger partial charge is 0.493 e. The maximum Gasteiger partial charge on any atom is 0.289 e. The van der Waals surface area contributed by atoms with Gasteiger partial charge in [0, 0.05) is 24.2 Å². The van der Waals surface area contributed by atoms with Crippen molar-refractivity contribution >= 4 is 22.6 Å². The fourth-order valence-electron chi connectivity index (χ4n) is 4.82. The monoisotopic (exact) mass is 572 g/mol. The molecule has 10 heteroatoms. The first kappa shape index (κ1) is 29.0. The molecule has 3 aromatic carbocycles. The number of ketones is 1. The van der Waals surface area contributed by atoms with Gasteiger partial charge in [-0.15, -0.1) is 0 Å². The quantitative estimate of drug-likeness (QED) is 0.225. The number of rotatable bonds is 11. The van der Waals surface area contributed by atoms with E-state index in [9.17, 15) is 9.59 Å². The third-order valence-corrected chi connectivity index (χ3v) is 7.26. The fourth-order valence-corrected chi connectivity index (χ4v) is 4.82. The van der Waals surface area contributed by atoms with Crippen LogP contribution in [0.1, 0.15) is 30.0 Å². The van der Waals surface area contributed by atoms with Crippen molar-refractivity contribution in [3.63, 3.8) is 0 Å². The van der Waals surface area contributed by atoms with Crippen molar-refractivity contribution < 1.29 is 28.2 Å². The average Bonchev–Trinajstić information content (AvgIpc) is 3.03. The van der Waals surface area contributed by atoms with Crippen LogP contribution >= 0.6 is 0 Å². The molecule has 9 nitrogen and oxygen atoms in total. The summed E-state index contributed by atoms with van der Waals surface area (Å²) in [6, 6.07) is 16.9. The molecule has 0 aliphatic carbocycles. The molecule has 0 radical (unpaired) electrons. The molecule has 1 aliphatic rings. The van der Waals surface area contributed by atoms with Crippen LogP contribution in [-0.4, -0.2) is 43.5 Å². The molecule has 1 amide bonds. The van der Waals surface area contributed by atoms with Crippen LogP contribution in [0.5, 0.6) is 23.0 Å². The summed E-state index contributed by atoms with van der Waals surface area (Å²) in [5, 5.41) is 6.50. The molecule has 1 unspecified atom stereocenters. The van der Waals surface area contributed by atoms with E-state index < -0.39 is 23.5 Å². The minimum atomic E-state index is -1.33. The summed E-state index contributed by atoms with van der Waals surface area (Å²) in [6.45, 7) is 2.72. The number of Topliss-reactive ketones (excluding diaryl/α,β-unsaturated/α-hetero) is 1. The third kappa shape index (κ3) is 6.84. The van der Waals surface area contributed by atoms with Gasteiger partial charge in [-0.2, -0.15) is 0 Å². The lowest BCUT2D eigenvalue weighted by Gasteiger charge is -2.23. The zero-order chi connectivity index (χ0) is 29.5. The van der Waals surface area contributed by atoms with Gasteiger partial charge >= 0.3 is 0 Å². The summed E-state index contributed by atoms with van der Waals surface area (Å²) in [4.78, 5) is 29.4. The number of aromatic nitrogens is 1. The van der Waals surface area contributed by atoms with E-state index in [0.717, 1.165) is 37.6 Å². The van der Waals surface area contributed by atoms with Gasteiger partial charge in [0.2, 0.25) is 5.78 Å². The summed E-state index contributed by atoms with van der Waals surface area (Å²) >= 11 is 0. The minimum absolute atomic E-state index is 0.0790. The fraction of sp³-hybridized carbons (Fsp3) is 0.281. The number of pyridine rings is 1. The molecule has 218 valence electrons. The minimum Gasteiger partial charge on any atom is -0.493 e. The maximum atomic E-state index is 15.2. The molecule has 1 saturated heterocycles. The number of carbonyl (C=O) groups excluding carboxylic acids is 2. The topological polar surface area (TPSA) is 125 Å². The van der Waals surface area contributed by atoms with E-state index in [2.05, 4.69) is 15.6 Å². The number of hydrogen-bond donors (Lipinski definition) is 3. The molecule has 1 aliphatic heterocycles. The third-order valence-electron chi connectivity index (χ3n) is 7.26. The van der Waals surface area contributed by atoms with Crippen LogP contribution < -0.4 is 30.6 Å². The highest BCUT2D eigenvalue weighted by molar-refractivity contribution is 6.38. The van der Waals surface area contributed by atoms with Crippen LogP contribution in [0.4, 0.5) is 4.39 Å². The van der Waals surface area contributed by atoms with Gasteiger partial charge in [0.15, 0.2) is 23.1 Å². The first-order valence-corrected chi connectivity index (χ1v) is 13.8. The second-order valence-corrected chi connectivity index (χ2v) is 10.1. The van der Waals surface area contributed by atoms with Gasteiger partial charge in [-0.05, 0) is 67.2 Å². The summed E-state index contributed by atoms with van der Waals surface area (Å²) in [5.74, 6) is -0.616. The molecular formula is C32H33FN4O5. The van der Waals surface area contributed by atoms with E-state index in [1.807, 2.05) is 30.3 Å². The van der Waals surface area contributed by atoms with Gasteiger partial charge in [0.05, 0.1) is 25.3 Å². The number of carbonyl (C=O) groups is 2. The Balaban J connectivity index is 1.28. The molecule has 0 spiro atoms. The molecule has 1 fully saturated rings. The summed E-state index contributed by atoms with van der Waals surface area (Å²) in [7, 11) is 1.56. The summed E-state index contributed by atoms with van der Waals surface area (Å²) in [5.41, 5.74) is 7.60. The number of ether oxygens (including phenoxy) is 3.